The Balaban J connectivity index is 2.32. The van der Waals surface area contributed by atoms with Crippen LogP contribution in [0, 0.1) is 0 Å². The molecule has 0 aliphatic carbocycles. The summed E-state index contributed by atoms with van der Waals surface area (Å²) in [6.45, 7) is 3.42. The van der Waals surface area contributed by atoms with Gasteiger partial charge in [-0.3, -0.25) is 0 Å². The Morgan fingerprint density at radius 2 is 2.19 bits per heavy atom. The summed E-state index contributed by atoms with van der Waals surface area (Å²) in [6.07, 6.45) is -0.319. The number of thiophene rings is 1. The molecule has 1 aromatic rings. The van der Waals surface area contributed by atoms with E-state index < -0.39 is 0 Å². The van der Waals surface area contributed by atoms with E-state index >= 15 is 0 Å². The minimum atomic E-state index is -0.319. The quantitative estimate of drug-likeness (QED) is 0.845. The number of aliphatic hydroxyl groups is 1. The van der Waals surface area contributed by atoms with E-state index in [1.165, 1.54) is 4.88 Å². The van der Waals surface area contributed by atoms with Gasteiger partial charge >= 0.3 is 0 Å². The highest BCUT2D eigenvalue weighted by Gasteiger charge is 2.10. The van der Waals surface area contributed by atoms with Crippen molar-refractivity contribution in [2.45, 2.75) is 19.1 Å². The van der Waals surface area contributed by atoms with Crippen molar-refractivity contribution >= 4 is 27.3 Å². The Kier molecular flexibility index (Phi) is 5.92. The van der Waals surface area contributed by atoms with Gasteiger partial charge in [-0.1, -0.05) is 0 Å². The maximum Gasteiger partial charge on any atom is 0.0791 e. The van der Waals surface area contributed by atoms with Gasteiger partial charge in [0.25, 0.3) is 0 Å². The van der Waals surface area contributed by atoms with Crippen molar-refractivity contribution in [2.75, 3.05) is 27.2 Å². The number of halogens is 1. The number of likely N-dealkylation sites (N-methyl/N-ethyl adjacent to an activating group) is 1. The molecule has 0 fully saturated rings. The first kappa shape index (κ1) is 14.1. The molecule has 0 aromatic carbocycles. The van der Waals surface area contributed by atoms with Gasteiger partial charge in [-0.25, -0.2) is 0 Å². The van der Waals surface area contributed by atoms with Gasteiger partial charge in [0, 0.05) is 24.0 Å². The van der Waals surface area contributed by atoms with Gasteiger partial charge in [0.05, 0.1) is 9.89 Å². The van der Waals surface area contributed by atoms with Crippen molar-refractivity contribution in [1.82, 2.24) is 10.2 Å². The fraction of sp³-hybridized carbons (Fsp3) is 0.636. The average molecular weight is 307 g/mol. The summed E-state index contributed by atoms with van der Waals surface area (Å²) < 4.78 is 1.14. The molecule has 0 amide bonds. The number of nitrogens with one attached hydrogen (secondary N) is 1. The van der Waals surface area contributed by atoms with Crippen molar-refractivity contribution in [3.05, 3.63) is 20.8 Å². The maximum absolute atomic E-state index is 9.71. The normalized spacial score (nSPS) is 15.4. The molecule has 2 N–H and O–H groups in total. The van der Waals surface area contributed by atoms with Crippen LogP contribution in [0.15, 0.2) is 15.9 Å². The van der Waals surface area contributed by atoms with Crippen LogP contribution in [0.25, 0.3) is 0 Å². The zero-order chi connectivity index (χ0) is 12.1. The Labute approximate surface area is 110 Å². The van der Waals surface area contributed by atoms with Gasteiger partial charge in [-0.05, 0) is 49.1 Å². The highest BCUT2D eigenvalue weighted by molar-refractivity contribution is 9.11. The third-order valence-corrected chi connectivity index (χ3v) is 4.06. The topological polar surface area (TPSA) is 35.5 Å². The lowest BCUT2D eigenvalue weighted by molar-refractivity contribution is 0.132. The van der Waals surface area contributed by atoms with Gasteiger partial charge in [0.1, 0.15) is 0 Å². The second-order valence-electron chi connectivity index (χ2n) is 4.19. The van der Waals surface area contributed by atoms with Gasteiger partial charge < -0.3 is 15.3 Å². The molecule has 2 unspecified atom stereocenters. The molecule has 0 bridgehead atoms. The van der Waals surface area contributed by atoms with E-state index in [4.69, 9.17) is 0 Å². The first-order valence-corrected chi connectivity index (χ1v) is 6.91. The van der Waals surface area contributed by atoms with Crippen LogP contribution in [-0.4, -0.2) is 43.3 Å². The predicted molar refractivity (Wildman–Crippen MR) is 73.0 cm³/mol. The maximum atomic E-state index is 9.71. The predicted octanol–water partition coefficient (Wildman–Crippen LogP) is 2.08. The van der Waals surface area contributed by atoms with Crippen LogP contribution in [0.5, 0.6) is 0 Å². The molecule has 16 heavy (non-hydrogen) atoms. The smallest absolute Gasteiger partial charge is 0.0791 e. The molecule has 0 aliphatic heterocycles. The zero-order valence-corrected chi connectivity index (χ0v) is 12.3. The molecule has 0 radical (unpaired) electrons. The lowest BCUT2D eigenvalue weighted by atomic mass is 10.2. The van der Waals surface area contributed by atoms with E-state index in [1.807, 2.05) is 19.0 Å². The lowest BCUT2D eigenvalue weighted by Gasteiger charge is -2.19. The number of hydrogen-bond acceptors (Lipinski definition) is 4. The van der Waals surface area contributed by atoms with Crippen molar-refractivity contribution in [3.8, 4) is 0 Å². The average Bonchev–Trinajstić information content (AvgIpc) is 2.60. The van der Waals surface area contributed by atoms with Gasteiger partial charge in [0.15, 0.2) is 0 Å². The molecule has 0 aliphatic rings. The Bertz CT molecular complexity index is 317. The summed E-state index contributed by atoms with van der Waals surface area (Å²) in [5.74, 6) is 0. The summed E-state index contributed by atoms with van der Waals surface area (Å²) >= 11 is 5.17. The SMILES string of the molecule is CC(NCC(O)CN(C)C)c1ccc(Br)s1. The van der Waals surface area contributed by atoms with Crippen LogP contribution in [0.4, 0.5) is 0 Å². The standard InChI is InChI=1S/C11H19BrN2OS/c1-8(10-4-5-11(12)16-10)13-6-9(15)7-14(2)3/h4-5,8-9,13,15H,6-7H2,1-3H3. The molecule has 92 valence electrons. The van der Waals surface area contributed by atoms with Crippen LogP contribution in [-0.2, 0) is 0 Å². The molecule has 1 heterocycles. The van der Waals surface area contributed by atoms with Crippen molar-refractivity contribution < 1.29 is 5.11 Å². The van der Waals surface area contributed by atoms with E-state index in [-0.39, 0.29) is 12.1 Å². The molecule has 5 heteroatoms. The van der Waals surface area contributed by atoms with Crippen LogP contribution in [0.2, 0.25) is 0 Å². The van der Waals surface area contributed by atoms with E-state index in [1.54, 1.807) is 11.3 Å². The number of hydrogen-bond donors (Lipinski definition) is 2. The third-order valence-electron chi connectivity index (χ3n) is 2.26. The fourth-order valence-corrected chi connectivity index (χ4v) is 2.91. The first-order valence-electron chi connectivity index (χ1n) is 5.30. The Hall–Kier alpha value is 0.0600. The third kappa shape index (κ3) is 4.93. The summed E-state index contributed by atoms with van der Waals surface area (Å²) in [5.41, 5.74) is 0. The molecular weight excluding hydrogens is 288 g/mol. The highest BCUT2D eigenvalue weighted by atomic mass is 79.9. The summed E-state index contributed by atoms with van der Waals surface area (Å²) in [5, 5.41) is 13.0. The first-order chi connectivity index (χ1) is 7.49. The van der Waals surface area contributed by atoms with Crippen LogP contribution < -0.4 is 5.32 Å². The van der Waals surface area contributed by atoms with E-state index in [2.05, 4.69) is 40.3 Å². The number of aliphatic hydroxyl groups excluding tert-OH is 1. The summed E-state index contributed by atoms with van der Waals surface area (Å²) in [6, 6.07) is 4.44. The largest absolute Gasteiger partial charge is 0.390 e. The Morgan fingerprint density at radius 3 is 2.69 bits per heavy atom. The lowest BCUT2D eigenvalue weighted by Crippen LogP contribution is -2.35. The Morgan fingerprint density at radius 1 is 1.50 bits per heavy atom. The molecule has 1 rings (SSSR count). The summed E-state index contributed by atoms with van der Waals surface area (Å²) in [4.78, 5) is 3.27. The molecule has 1 aromatic heterocycles. The minimum absolute atomic E-state index is 0.285. The van der Waals surface area contributed by atoms with Gasteiger partial charge in [0.2, 0.25) is 0 Å². The fourth-order valence-electron chi connectivity index (χ4n) is 1.46. The number of nitrogens with zero attached hydrogens (tertiary/aromatic N) is 1. The second kappa shape index (κ2) is 6.71. The van der Waals surface area contributed by atoms with Crippen molar-refractivity contribution in [1.29, 1.82) is 0 Å². The molecule has 0 saturated carbocycles. The molecule has 0 saturated heterocycles. The second-order valence-corrected chi connectivity index (χ2v) is 6.68. The monoisotopic (exact) mass is 306 g/mol. The summed E-state index contributed by atoms with van der Waals surface area (Å²) in [7, 11) is 3.92. The van der Waals surface area contributed by atoms with E-state index in [0.717, 1.165) is 3.79 Å². The molecular formula is C11H19BrN2OS. The van der Waals surface area contributed by atoms with Crippen LogP contribution in [0.3, 0.4) is 0 Å². The molecule has 2 atom stereocenters. The number of rotatable bonds is 6. The van der Waals surface area contributed by atoms with E-state index in [0.29, 0.717) is 13.1 Å². The zero-order valence-electron chi connectivity index (χ0n) is 9.90. The molecule has 3 nitrogen and oxygen atoms in total. The van der Waals surface area contributed by atoms with Crippen molar-refractivity contribution in [2.24, 2.45) is 0 Å². The molecule has 0 spiro atoms. The highest BCUT2D eigenvalue weighted by Crippen LogP contribution is 2.26. The van der Waals surface area contributed by atoms with Gasteiger partial charge in [-0.2, -0.15) is 0 Å². The van der Waals surface area contributed by atoms with E-state index in [9.17, 15) is 5.11 Å². The minimum Gasteiger partial charge on any atom is -0.390 e. The van der Waals surface area contributed by atoms with Crippen LogP contribution in [0.1, 0.15) is 17.8 Å². The van der Waals surface area contributed by atoms with Crippen LogP contribution >= 0.6 is 27.3 Å². The van der Waals surface area contributed by atoms with Gasteiger partial charge in [-0.15, -0.1) is 11.3 Å². The van der Waals surface area contributed by atoms with Crippen molar-refractivity contribution in [3.63, 3.8) is 0 Å².